The van der Waals surface area contributed by atoms with E-state index in [1.54, 1.807) is 36.4 Å². The summed E-state index contributed by atoms with van der Waals surface area (Å²) >= 11 is 11.3. The summed E-state index contributed by atoms with van der Waals surface area (Å²) in [7, 11) is -3.21. The van der Waals surface area contributed by atoms with E-state index in [1.165, 1.54) is 6.26 Å². The van der Waals surface area contributed by atoms with Crippen LogP contribution < -0.4 is 0 Å². The molecule has 0 bridgehead atoms. The number of halogens is 1. The third-order valence-corrected chi connectivity index (χ3v) is 4.82. The summed E-state index contributed by atoms with van der Waals surface area (Å²) < 4.78 is 25.4. The van der Waals surface area contributed by atoms with Crippen molar-refractivity contribution in [2.45, 2.75) is 4.90 Å². The minimum absolute atomic E-state index is 0.278. The highest BCUT2D eigenvalue weighted by molar-refractivity contribution is 7.90. The zero-order valence-electron chi connectivity index (χ0n) is 11.0. The molecule has 0 spiro atoms. The van der Waals surface area contributed by atoms with E-state index in [0.717, 1.165) is 16.7 Å². The molecule has 108 valence electrons. The second kappa shape index (κ2) is 4.98. The molecule has 0 amide bonds. The van der Waals surface area contributed by atoms with Gasteiger partial charge in [0.1, 0.15) is 0 Å². The topological polar surface area (TPSA) is 54.9 Å². The van der Waals surface area contributed by atoms with Gasteiger partial charge in [-0.1, -0.05) is 11.6 Å². The first-order valence-corrected chi connectivity index (χ1v) is 8.75. The number of hydrogen-bond acceptors (Lipinski definition) is 3. The molecule has 1 heterocycles. The highest BCUT2D eigenvalue weighted by atomic mass is 35.5. The molecule has 3 rings (SSSR count). The monoisotopic (exact) mass is 338 g/mol. The fraction of sp³-hybridized carbons (Fsp3) is 0.0714. The molecule has 21 heavy (non-hydrogen) atoms. The van der Waals surface area contributed by atoms with Crippen molar-refractivity contribution in [2.24, 2.45) is 0 Å². The highest BCUT2D eigenvalue weighted by Gasteiger charge is 2.10. The lowest BCUT2D eigenvalue weighted by Crippen LogP contribution is -1.98. The van der Waals surface area contributed by atoms with Gasteiger partial charge in [0.2, 0.25) is 0 Å². The fourth-order valence-electron chi connectivity index (χ4n) is 2.18. The number of fused-ring (bicyclic) bond motifs is 1. The molecular formula is C14H11ClN2O2S2. The van der Waals surface area contributed by atoms with Crippen LogP contribution in [0, 0.1) is 4.77 Å². The molecule has 0 saturated carbocycles. The van der Waals surface area contributed by atoms with Gasteiger partial charge in [-0.05, 0) is 54.7 Å². The highest BCUT2D eigenvalue weighted by Crippen LogP contribution is 2.23. The molecule has 0 aliphatic rings. The Hall–Kier alpha value is -1.63. The van der Waals surface area contributed by atoms with Crippen molar-refractivity contribution in [3.05, 3.63) is 52.3 Å². The maximum atomic E-state index is 11.5. The fourth-order valence-corrected chi connectivity index (χ4v) is 3.30. The lowest BCUT2D eigenvalue weighted by Gasteiger charge is -2.06. The van der Waals surface area contributed by atoms with Crippen molar-refractivity contribution in [3.63, 3.8) is 0 Å². The molecule has 2 aromatic carbocycles. The second-order valence-electron chi connectivity index (χ2n) is 4.69. The van der Waals surface area contributed by atoms with E-state index in [4.69, 9.17) is 23.8 Å². The number of aromatic nitrogens is 2. The van der Waals surface area contributed by atoms with Gasteiger partial charge in [-0.3, -0.25) is 4.57 Å². The Labute approximate surface area is 131 Å². The molecule has 0 atom stereocenters. The molecular weight excluding hydrogens is 328 g/mol. The van der Waals surface area contributed by atoms with Crippen LogP contribution >= 0.6 is 23.8 Å². The largest absolute Gasteiger partial charge is 0.330 e. The molecule has 0 aliphatic heterocycles. The zero-order valence-corrected chi connectivity index (χ0v) is 13.4. The van der Waals surface area contributed by atoms with Crippen molar-refractivity contribution >= 4 is 44.7 Å². The number of H-pyrrole nitrogens is 1. The lowest BCUT2D eigenvalue weighted by atomic mass is 10.3. The molecule has 1 aromatic heterocycles. The van der Waals surface area contributed by atoms with Crippen LogP contribution in [0.5, 0.6) is 0 Å². The van der Waals surface area contributed by atoms with Crippen LogP contribution in [0.2, 0.25) is 5.02 Å². The summed E-state index contributed by atoms with van der Waals surface area (Å²) in [5.41, 5.74) is 2.51. The summed E-state index contributed by atoms with van der Waals surface area (Å²) in [6, 6.07) is 12.1. The third-order valence-electron chi connectivity index (χ3n) is 3.17. The van der Waals surface area contributed by atoms with E-state index < -0.39 is 9.84 Å². The van der Waals surface area contributed by atoms with Gasteiger partial charge in [0.05, 0.1) is 15.9 Å². The predicted molar refractivity (Wildman–Crippen MR) is 86.6 cm³/mol. The van der Waals surface area contributed by atoms with Gasteiger partial charge >= 0.3 is 0 Å². The predicted octanol–water partition coefficient (Wildman–Crippen LogP) is 3.74. The summed E-state index contributed by atoms with van der Waals surface area (Å²) in [6.07, 6.45) is 1.18. The first-order chi connectivity index (χ1) is 9.86. The number of sulfone groups is 1. The van der Waals surface area contributed by atoms with E-state index in [2.05, 4.69) is 4.98 Å². The van der Waals surface area contributed by atoms with E-state index in [-0.39, 0.29) is 4.90 Å². The van der Waals surface area contributed by atoms with E-state index >= 15 is 0 Å². The average molecular weight is 339 g/mol. The first kappa shape index (κ1) is 14.3. The molecule has 1 N–H and O–H groups in total. The molecule has 0 unspecified atom stereocenters. The van der Waals surface area contributed by atoms with Crippen LogP contribution in [-0.2, 0) is 9.84 Å². The number of nitrogens with zero attached hydrogens (tertiary/aromatic N) is 1. The van der Waals surface area contributed by atoms with Gasteiger partial charge < -0.3 is 4.98 Å². The second-order valence-corrected chi connectivity index (χ2v) is 7.53. The van der Waals surface area contributed by atoms with Crippen LogP contribution in [0.4, 0.5) is 0 Å². The molecule has 0 fully saturated rings. The van der Waals surface area contributed by atoms with Crippen LogP contribution in [0.15, 0.2) is 47.4 Å². The van der Waals surface area contributed by atoms with Crippen LogP contribution in [0.25, 0.3) is 16.7 Å². The Balaban J connectivity index is 2.21. The summed E-state index contributed by atoms with van der Waals surface area (Å²) in [4.78, 5) is 3.36. The van der Waals surface area contributed by atoms with Crippen molar-refractivity contribution in [3.8, 4) is 5.69 Å². The standard InChI is InChI=1S/C14H11ClN2O2S2/c1-21(18,19)11-5-3-10(4-6-11)17-13-7-2-9(15)8-12(13)16-14(17)20/h2-8H,1H3,(H,16,20). The van der Waals surface area contributed by atoms with Gasteiger partial charge in [0.25, 0.3) is 0 Å². The Kier molecular flexibility index (Phi) is 3.39. The van der Waals surface area contributed by atoms with E-state index in [1.807, 2.05) is 10.6 Å². The molecule has 4 nitrogen and oxygen atoms in total. The van der Waals surface area contributed by atoms with E-state index in [9.17, 15) is 8.42 Å². The van der Waals surface area contributed by atoms with Crippen LogP contribution in [-0.4, -0.2) is 24.2 Å². The maximum absolute atomic E-state index is 11.5. The van der Waals surface area contributed by atoms with Crippen molar-refractivity contribution in [2.75, 3.05) is 6.26 Å². The molecule has 0 radical (unpaired) electrons. The number of imidazole rings is 1. The van der Waals surface area contributed by atoms with Crippen molar-refractivity contribution in [1.82, 2.24) is 9.55 Å². The molecule has 0 aliphatic carbocycles. The minimum atomic E-state index is -3.21. The number of hydrogen-bond donors (Lipinski definition) is 1. The number of nitrogens with one attached hydrogen (secondary N) is 1. The van der Waals surface area contributed by atoms with Gasteiger partial charge in [0, 0.05) is 17.0 Å². The summed E-state index contributed by atoms with van der Waals surface area (Å²) in [5, 5.41) is 0.623. The minimum Gasteiger partial charge on any atom is -0.330 e. The van der Waals surface area contributed by atoms with Crippen LogP contribution in [0.1, 0.15) is 0 Å². The Morgan fingerprint density at radius 3 is 2.43 bits per heavy atom. The number of benzene rings is 2. The smallest absolute Gasteiger partial charge is 0.182 e. The average Bonchev–Trinajstić information content (AvgIpc) is 2.73. The third kappa shape index (κ3) is 2.62. The van der Waals surface area contributed by atoms with Gasteiger partial charge in [-0.2, -0.15) is 0 Å². The Morgan fingerprint density at radius 2 is 1.81 bits per heavy atom. The summed E-state index contributed by atoms with van der Waals surface area (Å²) in [5.74, 6) is 0. The quantitative estimate of drug-likeness (QED) is 0.724. The zero-order chi connectivity index (χ0) is 15.2. The Bertz CT molecular complexity index is 986. The van der Waals surface area contributed by atoms with Gasteiger partial charge in [-0.15, -0.1) is 0 Å². The lowest BCUT2D eigenvalue weighted by molar-refractivity contribution is 0.602. The SMILES string of the molecule is CS(=O)(=O)c1ccc(-n2c(=S)[nH]c3cc(Cl)ccc32)cc1. The molecule has 3 aromatic rings. The number of rotatable bonds is 2. The van der Waals surface area contributed by atoms with Crippen molar-refractivity contribution in [1.29, 1.82) is 0 Å². The van der Waals surface area contributed by atoms with E-state index in [0.29, 0.717) is 9.79 Å². The molecule has 7 heteroatoms. The normalized spacial score (nSPS) is 11.9. The van der Waals surface area contributed by atoms with Gasteiger partial charge in [0.15, 0.2) is 14.6 Å². The molecule has 0 saturated heterocycles. The maximum Gasteiger partial charge on any atom is 0.182 e. The van der Waals surface area contributed by atoms with Gasteiger partial charge in [-0.25, -0.2) is 8.42 Å². The van der Waals surface area contributed by atoms with Crippen molar-refractivity contribution < 1.29 is 8.42 Å². The Morgan fingerprint density at radius 1 is 1.14 bits per heavy atom. The first-order valence-electron chi connectivity index (χ1n) is 6.07. The van der Waals surface area contributed by atoms with Crippen LogP contribution in [0.3, 0.4) is 0 Å². The summed E-state index contributed by atoms with van der Waals surface area (Å²) in [6.45, 7) is 0. The number of aromatic amines is 1.